The molecule has 0 atom stereocenters. The Kier molecular flexibility index (Phi) is 9.14. The number of aliphatic carboxylic acids is 1. The van der Waals surface area contributed by atoms with Gasteiger partial charge in [0, 0.05) is 6.42 Å². The zero-order chi connectivity index (χ0) is 21.2. The number of hydrogen-bond donors (Lipinski definition) is 1. The van der Waals surface area contributed by atoms with Crippen molar-refractivity contribution in [2.24, 2.45) is 5.41 Å². The summed E-state index contributed by atoms with van der Waals surface area (Å²) in [7, 11) is 0. The Morgan fingerprint density at radius 1 is 0.893 bits per heavy atom. The fourth-order valence-electron chi connectivity index (χ4n) is 1.87. The summed E-state index contributed by atoms with van der Waals surface area (Å²) in [5.41, 5.74) is -0.542. The van der Waals surface area contributed by atoms with Gasteiger partial charge in [-0.25, -0.2) is 0 Å². The quantitative estimate of drug-likeness (QED) is 0.346. The van der Waals surface area contributed by atoms with Crippen LogP contribution in [0.1, 0.15) is 52.9 Å². The first kappa shape index (κ1) is 23.1. The second-order valence-electron chi connectivity index (χ2n) is 6.79. The van der Waals surface area contributed by atoms with Crippen LogP contribution in [0.25, 0.3) is 0 Å². The molecule has 0 heterocycles. The molecule has 0 unspecified atom stereocenters. The van der Waals surface area contributed by atoms with Crippen LogP contribution in [-0.2, 0) is 23.9 Å². The SMILES string of the molecule is CCC(C)(C)C(=O)OCCCC(=O)Oc1ccc(OC(=O)CCC(=O)O)cc1. The maximum absolute atomic E-state index is 11.8. The molecule has 0 spiro atoms. The molecule has 0 saturated carbocycles. The van der Waals surface area contributed by atoms with Gasteiger partial charge in [-0.2, -0.15) is 0 Å². The van der Waals surface area contributed by atoms with E-state index in [9.17, 15) is 19.2 Å². The smallest absolute Gasteiger partial charge is 0.311 e. The topological polar surface area (TPSA) is 116 Å². The Morgan fingerprint density at radius 2 is 1.39 bits per heavy atom. The molecule has 1 rings (SSSR count). The third-order valence-corrected chi connectivity index (χ3v) is 4.02. The highest BCUT2D eigenvalue weighted by molar-refractivity contribution is 5.78. The summed E-state index contributed by atoms with van der Waals surface area (Å²) < 4.78 is 15.3. The number of esters is 3. The molecule has 0 aliphatic heterocycles. The maximum Gasteiger partial charge on any atom is 0.311 e. The second kappa shape index (κ2) is 11.1. The third kappa shape index (κ3) is 8.66. The highest BCUT2D eigenvalue weighted by Gasteiger charge is 2.26. The van der Waals surface area contributed by atoms with Crippen LogP contribution in [0.4, 0.5) is 0 Å². The Morgan fingerprint density at radius 3 is 1.86 bits per heavy atom. The van der Waals surface area contributed by atoms with Crippen LogP contribution in [0, 0.1) is 5.41 Å². The molecule has 0 fully saturated rings. The van der Waals surface area contributed by atoms with Crippen molar-refractivity contribution < 1.29 is 38.5 Å². The van der Waals surface area contributed by atoms with Crippen molar-refractivity contribution in [3.8, 4) is 11.5 Å². The van der Waals surface area contributed by atoms with Gasteiger partial charge in [-0.3, -0.25) is 19.2 Å². The van der Waals surface area contributed by atoms with Crippen LogP contribution in [0.3, 0.4) is 0 Å². The lowest BCUT2D eigenvalue weighted by Crippen LogP contribution is -2.26. The first-order valence-electron chi connectivity index (χ1n) is 9.04. The number of carboxylic acid groups (broad SMARTS) is 1. The number of carbonyl (C=O) groups is 4. The van der Waals surface area contributed by atoms with Crippen LogP contribution in [0.2, 0.25) is 0 Å². The van der Waals surface area contributed by atoms with Gasteiger partial charge in [-0.05, 0) is 51.0 Å². The van der Waals surface area contributed by atoms with Crippen LogP contribution in [0.5, 0.6) is 11.5 Å². The summed E-state index contributed by atoms with van der Waals surface area (Å²) in [6.45, 7) is 5.65. The molecule has 154 valence electrons. The summed E-state index contributed by atoms with van der Waals surface area (Å²) in [4.78, 5) is 45.5. The molecular formula is C20H26O8. The van der Waals surface area contributed by atoms with Crippen molar-refractivity contribution >= 4 is 23.9 Å². The Bertz CT molecular complexity index is 691. The number of benzene rings is 1. The van der Waals surface area contributed by atoms with Crippen LogP contribution >= 0.6 is 0 Å². The molecule has 0 saturated heterocycles. The molecule has 0 aliphatic rings. The second-order valence-corrected chi connectivity index (χ2v) is 6.79. The molecule has 0 bridgehead atoms. The molecule has 8 nitrogen and oxygen atoms in total. The van der Waals surface area contributed by atoms with E-state index < -0.39 is 23.3 Å². The average molecular weight is 394 g/mol. The summed E-state index contributed by atoms with van der Waals surface area (Å²) in [5.74, 6) is -2.01. The van der Waals surface area contributed by atoms with E-state index in [0.717, 1.165) is 0 Å². The van der Waals surface area contributed by atoms with E-state index in [1.54, 1.807) is 13.8 Å². The molecular weight excluding hydrogens is 368 g/mol. The largest absolute Gasteiger partial charge is 0.481 e. The molecule has 0 amide bonds. The Balaban J connectivity index is 2.34. The normalized spacial score (nSPS) is 10.8. The summed E-state index contributed by atoms with van der Waals surface area (Å²) in [6, 6.07) is 5.80. The minimum atomic E-state index is -1.08. The van der Waals surface area contributed by atoms with E-state index in [-0.39, 0.29) is 43.3 Å². The minimum Gasteiger partial charge on any atom is -0.481 e. The molecule has 1 aromatic carbocycles. The van der Waals surface area contributed by atoms with Crippen LogP contribution < -0.4 is 9.47 Å². The average Bonchev–Trinajstić information content (AvgIpc) is 2.65. The fraction of sp³-hybridized carbons (Fsp3) is 0.500. The van der Waals surface area contributed by atoms with Crippen molar-refractivity contribution in [2.75, 3.05) is 6.61 Å². The van der Waals surface area contributed by atoms with Gasteiger partial charge >= 0.3 is 23.9 Å². The summed E-state index contributed by atoms with van der Waals surface area (Å²) >= 11 is 0. The van der Waals surface area contributed by atoms with Gasteiger partial charge in [0.15, 0.2) is 0 Å². The van der Waals surface area contributed by atoms with Gasteiger partial charge in [-0.15, -0.1) is 0 Å². The van der Waals surface area contributed by atoms with E-state index in [0.29, 0.717) is 12.8 Å². The zero-order valence-electron chi connectivity index (χ0n) is 16.4. The predicted octanol–water partition coefficient (Wildman–Crippen LogP) is 3.12. The number of ether oxygens (including phenoxy) is 3. The number of hydrogen-bond acceptors (Lipinski definition) is 7. The van der Waals surface area contributed by atoms with Crippen LogP contribution in [0.15, 0.2) is 24.3 Å². The highest BCUT2D eigenvalue weighted by Crippen LogP contribution is 2.22. The monoisotopic (exact) mass is 394 g/mol. The first-order valence-corrected chi connectivity index (χ1v) is 9.04. The molecule has 0 aliphatic carbocycles. The van der Waals surface area contributed by atoms with E-state index in [1.165, 1.54) is 24.3 Å². The number of carbonyl (C=O) groups excluding carboxylic acids is 3. The number of carboxylic acids is 1. The molecule has 1 N–H and O–H groups in total. The van der Waals surface area contributed by atoms with Gasteiger partial charge < -0.3 is 19.3 Å². The van der Waals surface area contributed by atoms with Gasteiger partial charge in [0.05, 0.1) is 24.9 Å². The highest BCUT2D eigenvalue weighted by atomic mass is 16.5. The van der Waals surface area contributed by atoms with E-state index in [4.69, 9.17) is 19.3 Å². The van der Waals surface area contributed by atoms with Crippen molar-refractivity contribution in [2.45, 2.75) is 52.9 Å². The van der Waals surface area contributed by atoms with Gasteiger partial charge in [0.2, 0.25) is 0 Å². The Hall–Kier alpha value is -2.90. The maximum atomic E-state index is 11.8. The predicted molar refractivity (Wildman–Crippen MR) is 98.8 cm³/mol. The molecule has 0 radical (unpaired) electrons. The minimum absolute atomic E-state index is 0.0890. The van der Waals surface area contributed by atoms with Crippen molar-refractivity contribution in [1.82, 2.24) is 0 Å². The first-order chi connectivity index (χ1) is 13.1. The molecule has 1 aromatic rings. The van der Waals surface area contributed by atoms with E-state index >= 15 is 0 Å². The van der Waals surface area contributed by atoms with Gasteiger partial charge in [0.1, 0.15) is 11.5 Å². The molecule has 8 heteroatoms. The third-order valence-electron chi connectivity index (χ3n) is 4.02. The fourth-order valence-corrected chi connectivity index (χ4v) is 1.87. The van der Waals surface area contributed by atoms with Crippen molar-refractivity contribution in [3.63, 3.8) is 0 Å². The zero-order valence-corrected chi connectivity index (χ0v) is 16.4. The lowest BCUT2D eigenvalue weighted by molar-refractivity contribution is -0.154. The lowest BCUT2D eigenvalue weighted by Gasteiger charge is -2.20. The summed E-state index contributed by atoms with van der Waals surface area (Å²) in [6.07, 6.45) is 0.569. The lowest BCUT2D eigenvalue weighted by atomic mass is 9.91. The van der Waals surface area contributed by atoms with Crippen LogP contribution in [-0.4, -0.2) is 35.6 Å². The van der Waals surface area contributed by atoms with E-state index in [1.807, 2.05) is 6.92 Å². The standard InChI is InChI=1S/C20H26O8/c1-4-20(2,3)19(25)26-13-5-6-17(23)27-14-7-9-15(10-8-14)28-18(24)12-11-16(21)22/h7-10H,4-6,11-13H2,1-3H3,(H,21,22). The number of rotatable bonds is 11. The van der Waals surface area contributed by atoms with Crippen molar-refractivity contribution in [3.05, 3.63) is 24.3 Å². The Labute approximate surface area is 163 Å². The van der Waals surface area contributed by atoms with E-state index in [2.05, 4.69) is 0 Å². The van der Waals surface area contributed by atoms with Gasteiger partial charge in [-0.1, -0.05) is 6.92 Å². The molecule has 0 aromatic heterocycles. The summed E-state index contributed by atoms with van der Waals surface area (Å²) in [5, 5.41) is 8.52. The van der Waals surface area contributed by atoms with Crippen molar-refractivity contribution in [1.29, 1.82) is 0 Å². The van der Waals surface area contributed by atoms with Gasteiger partial charge in [0.25, 0.3) is 0 Å². The molecule has 28 heavy (non-hydrogen) atoms.